The van der Waals surface area contributed by atoms with Gasteiger partial charge in [0.05, 0.1) is 10.9 Å². The summed E-state index contributed by atoms with van der Waals surface area (Å²) in [7, 11) is 0. The van der Waals surface area contributed by atoms with Crippen LogP contribution in [0.15, 0.2) is 93.5 Å². The molecule has 2 aliphatic rings. The van der Waals surface area contributed by atoms with Crippen molar-refractivity contribution < 1.29 is 17.6 Å². The first-order chi connectivity index (χ1) is 16.8. The van der Waals surface area contributed by atoms with Gasteiger partial charge in [0.15, 0.2) is 11.7 Å². The van der Waals surface area contributed by atoms with Gasteiger partial charge in [0.25, 0.3) is 0 Å². The molecule has 0 amide bonds. The van der Waals surface area contributed by atoms with E-state index in [-0.39, 0.29) is 23.4 Å². The van der Waals surface area contributed by atoms with E-state index < -0.39 is 12.0 Å². The second-order valence-electron chi connectivity index (χ2n) is 7.99. The van der Waals surface area contributed by atoms with Crippen LogP contribution in [0, 0.1) is 5.82 Å². The number of hydrogen-bond donors (Lipinski definition) is 1. The molecule has 3 heterocycles. The minimum atomic E-state index is -4.63. The van der Waals surface area contributed by atoms with E-state index >= 15 is 0 Å². The Morgan fingerprint density at radius 2 is 1.74 bits per heavy atom. The normalized spacial score (nSPS) is 17.3. The van der Waals surface area contributed by atoms with Crippen LogP contribution in [0.2, 0.25) is 0 Å². The van der Waals surface area contributed by atoms with Gasteiger partial charge in [-0.05, 0) is 42.3 Å². The summed E-state index contributed by atoms with van der Waals surface area (Å²) in [6, 6.07) is 17.6. The van der Waals surface area contributed by atoms with Gasteiger partial charge in [0.1, 0.15) is 11.5 Å². The van der Waals surface area contributed by atoms with E-state index in [1.54, 1.807) is 41.2 Å². The number of alkyl halides is 3. The standard InChI is InChI=1S/C25H19F4N5S/c1-15-11-20-22(32-24(31-20)25(27,28)29)33-34(15)23-21(35-14-16-5-3-2-4-6-16)12-18(13-30-23)17-7-9-19(26)10-8-17/h2-13,15H,14H2,1H3,(H,31,32,33). The first-order valence-electron chi connectivity index (χ1n) is 10.7. The molecule has 1 unspecified atom stereocenters. The molecule has 1 N–H and O–H groups in total. The number of fused-ring (bicyclic) bond motifs is 1. The molecule has 10 heteroatoms. The minimum absolute atomic E-state index is 0.0267. The summed E-state index contributed by atoms with van der Waals surface area (Å²) in [5.41, 5.74) is 5.83. The Hall–Kier alpha value is -3.66. The van der Waals surface area contributed by atoms with Gasteiger partial charge in [-0.15, -0.1) is 11.8 Å². The van der Waals surface area contributed by atoms with Gasteiger partial charge < -0.3 is 0 Å². The average Bonchev–Trinajstić information content (AvgIpc) is 3.27. The van der Waals surface area contributed by atoms with E-state index in [9.17, 15) is 17.6 Å². The van der Waals surface area contributed by atoms with Crippen molar-refractivity contribution in [3.63, 3.8) is 0 Å². The van der Waals surface area contributed by atoms with Crippen LogP contribution in [0.4, 0.5) is 23.4 Å². The largest absolute Gasteiger partial charge is 0.451 e. The van der Waals surface area contributed by atoms with Gasteiger partial charge in [-0.25, -0.2) is 19.4 Å². The highest BCUT2D eigenvalue weighted by Gasteiger charge is 2.41. The number of benzene rings is 2. The molecule has 5 rings (SSSR count). The molecule has 2 aliphatic heterocycles. The fraction of sp³-hybridized carbons (Fsp3) is 0.160. The topological polar surface area (TPSA) is 52.9 Å². The molecule has 0 saturated heterocycles. The van der Waals surface area contributed by atoms with E-state index in [2.05, 4.69) is 20.4 Å². The molecule has 0 aliphatic carbocycles. The first kappa shape index (κ1) is 23.1. The summed E-state index contributed by atoms with van der Waals surface area (Å²) in [6.07, 6.45) is -1.35. The van der Waals surface area contributed by atoms with E-state index in [0.717, 1.165) is 21.6 Å². The van der Waals surface area contributed by atoms with Gasteiger partial charge in [0, 0.05) is 17.5 Å². The van der Waals surface area contributed by atoms with Crippen molar-refractivity contribution in [1.82, 2.24) is 10.4 Å². The Balaban J connectivity index is 1.49. The Bertz CT molecular complexity index is 1330. The van der Waals surface area contributed by atoms with Crippen LogP contribution < -0.4 is 10.4 Å². The number of rotatable bonds is 5. The predicted octanol–water partition coefficient (Wildman–Crippen LogP) is 6.15. The monoisotopic (exact) mass is 497 g/mol. The Morgan fingerprint density at radius 3 is 2.46 bits per heavy atom. The molecule has 0 fully saturated rings. The number of thioether (sulfide) groups is 1. The lowest BCUT2D eigenvalue weighted by Gasteiger charge is -2.34. The number of aromatic nitrogens is 1. The summed E-state index contributed by atoms with van der Waals surface area (Å²) >= 11 is 1.55. The lowest BCUT2D eigenvalue weighted by Crippen LogP contribution is -2.51. The smallest absolute Gasteiger partial charge is 0.278 e. The molecule has 3 aromatic rings. The molecule has 1 atom stereocenters. The number of nitrogens with one attached hydrogen (secondary N) is 1. The first-order valence-corrected chi connectivity index (χ1v) is 11.7. The van der Waals surface area contributed by atoms with Crippen molar-refractivity contribution >= 4 is 29.3 Å². The molecule has 0 spiro atoms. The molecule has 0 saturated carbocycles. The number of amidine groups is 2. The summed E-state index contributed by atoms with van der Waals surface area (Å²) < 4.78 is 52.8. The second-order valence-corrected chi connectivity index (χ2v) is 9.01. The Kier molecular flexibility index (Phi) is 6.06. The Labute approximate surface area is 203 Å². The fourth-order valence-electron chi connectivity index (χ4n) is 3.71. The van der Waals surface area contributed by atoms with Gasteiger partial charge in [-0.1, -0.05) is 42.5 Å². The molecule has 35 heavy (non-hydrogen) atoms. The van der Waals surface area contributed by atoms with E-state index in [1.807, 2.05) is 43.3 Å². The molecule has 5 nitrogen and oxygen atoms in total. The van der Waals surface area contributed by atoms with Gasteiger partial charge in [-0.2, -0.15) is 13.2 Å². The third kappa shape index (κ3) is 4.93. The maximum Gasteiger partial charge on any atom is 0.451 e. The zero-order chi connectivity index (χ0) is 24.6. The number of nitrogens with zero attached hydrogens (tertiary/aromatic N) is 4. The predicted molar refractivity (Wildman–Crippen MR) is 130 cm³/mol. The molecule has 0 bridgehead atoms. The zero-order valence-electron chi connectivity index (χ0n) is 18.4. The van der Waals surface area contributed by atoms with E-state index in [4.69, 9.17) is 0 Å². The van der Waals surface area contributed by atoms with Crippen LogP contribution in [0.3, 0.4) is 0 Å². The van der Waals surface area contributed by atoms with Crippen molar-refractivity contribution in [3.05, 3.63) is 90.0 Å². The number of pyridine rings is 1. The summed E-state index contributed by atoms with van der Waals surface area (Å²) in [5, 5.41) is 1.68. The third-order valence-corrected chi connectivity index (χ3v) is 6.54. The summed E-state index contributed by atoms with van der Waals surface area (Å²) in [5.74, 6) is -0.280. The quantitative estimate of drug-likeness (QED) is 0.339. The van der Waals surface area contributed by atoms with Crippen molar-refractivity contribution in [2.24, 2.45) is 9.98 Å². The number of anilines is 1. The highest BCUT2D eigenvalue weighted by molar-refractivity contribution is 7.98. The molecule has 2 aromatic carbocycles. The molecule has 178 valence electrons. The molecular formula is C25H19F4N5S. The summed E-state index contributed by atoms with van der Waals surface area (Å²) in [4.78, 5) is 12.7. The molecule has 0 radical (unpaired) electrons. The van der Waals surface area contributed by atoms with Crippen LogP contribution in [0.1, 0.15) is 12.5 Å². The van der Waals surface area contributed by atoms with Crippen molar-refractivity contribution in [2.75, 3.05) is 5.01 Å². The maximum atomic E-state index is 13.4. The fourth-order valence-corrected chi connectivity index (χ4v) is 4.71. The zero-order valence-corrected chi connectivity index (χ0v) is 19.2. The van der Waals surface area contributed by atoms with Gasteiger partial charge >= 0.3 is 6.18 Å². The summed E-state index contributed by atoms with van der Waals surface area (Å²) in [6.45, 7) is 1.83. The van der Waals surface area contributed by atoms with E-state index in [1.165, 1.54) is 12.1 Å². The lowest BCUT2D eigenvalue weighted by molar-refractivity contribution is -0.0595. The maximum absolute atomic E-state index is 13.4. The van der Waals surface area contributed by atoms with Gasteiger partial charge in [-0.3, -0.25) is 10.4 Å². The number of hydrogen-bond acceptors (Lipinski definition) is 6. The number of hydrazine groups is 1. The second kappa shape index (κ2) is 9.18. The SMILES string of the molecule is CC1C=C2N=C(C(F)(F)F)N=C2NN1c1ncc(-c2ccc(F)cc2)cc1SCc1ccccc1. The van der Waals surface area contributed by atoms with Gasteiger partial charge in [0.2, 0.25) is 5.84 Å². The van der Waals surface area contributed by atoms with Crippen LogP contribution in [0.5, 0.6) is 0 Å². The van der Waals surface area contributed by atoms with Crippen LogP contribution in [-0.4, -0.2) is 28.9 Å². The highest BCUT2D eigenvalue weighted by Crippen LogP contribution is 2.36. The Morgan fingerprint density at radius 1 is 1.00 bits per heavy atom. The van der Waals surface area contributed by atoms with Crippen molar-refractivity contribution in [2.45, 2.75) is 29.8 Å². The van der Waals surface area contributed by atoms with Crippen molar-refractivity contribution in [1.29, 1.82) is 0 Å². The third-order valence-electron chi connectivity index (χ3n) is 5.45. The van der Waals surface area contributed by atoms with Crippen LogP contribution >= 0.6 is 11.8 Å². The number of aliphatic imine (C=N–C) groups is 2. The molecular weight excluding hydrogens is 478 g/mol. The van der Waals surface area contributed by atoms with Crippen LogP contribution in [-0.2, 0) is 5.75 Å². The number of halogens is 4. The van der Waals surface area contributed by atoms with Crippen LogP contribution in [0.25, 0.3) is 11.1 Å². The molecule has 1 aromatic heterocycles. The van der Waals surface area contributed by atoms with E-state index in [0.29, 0.717) is 11.6 Å². The minimum Gasteiger partial charge on any atom is -0.278 e. The average molecular weight is 498 g/mol. The van der Waals surface area contributed by atoms with Crippen molar-refractivity contribution in [3.8, 4) is 11.1 Å². The lowest BCUT2D eigenvalue weighted by atomic mass is 10.1. The highest BCUT2D eigenvalue weighted by atomic mass is 32.2.